The molecule has 2 amide bonds. The number of amides is 2. The van der Waals surface area contributed by atoms with E-state index in [1.165, 1.54) is 6.07 Å². The van der Waals surface area contributed by atoms with Crippen molar-refractivity contribution in [3.05, 3.63) is 57.8 Å². The molecule has 1 fully saturated rings. The summed E-state index contributed by atoms with van der Waals surface area (Å²) in [6.07, 6.45) is 0. The number of anilines is 1. The first-order valence-corrected chi connectivity index (χ1v) is 8.41. The minimum atomic E-state index is -0.494. The van der Waals surface area contributed by atoms with Gasteiger partial charge in [0.15, 0.2) is 0 Å². The molecule has 0 radical (unpaired) electrons. The van der Waals surface area contributed by atoms with Crippen LogP contribution in [0.2, 0.25) is 10.0 Å². The van der Waals surface area contributed by atoms with Gasteiger partial charge in [0.25, 0.3) is 11.8 Å². The molecular weight excluding hydrogens is 365 g/mol. The molecule has 0 spiro atoms. The SMILES string of the molecule is O=C(Nc1c(Cl)cccc1Cl)c1cccc(C(=O)N2CCOCC2)n1. The zero-order valence-corrected chi connectivity index (χ0v) is 14.7. The third kappa shape index (κ3) is 4.10. The highest BCUT2D eigenvalue weighted by molar-refractivity contribution is 6.40. The van der Waals surface area contributed by atoms with E-state index in [1.54, 1.807) is 35.2 Å². The van der Waals surface area contributed by atoms with Crippen LogP contribution in [-0.4, -0.2) is 48.0 Å². The number of nitrogens with one attached hydrogen (secondary N) is 1. The highest BCUT2D eigenvalue weighted by atomic mass is 35.5. The maximum Gasteiger partial charge on any atom is 0.274 e. The topological polar surface area (TPSA) is 71.5 Å². The van der Waals surface area contributed by atoms with E-state index in [9.17, 15) is 9.59 Å². The maximum absolute atomic E-state index is 12.5. The molecule has 6 nitrogen and oxygen atoms in total. The molecule has 1 saturated heterocycles. The molecule has 1 aromatic carbocycles. The fourth-order valence-corrected chi connectivity index (χ4v) is 2.90. The first-order valence-electron chi connectivity index (χ1n) is 7.65. The fourth-order valence-electron chi connectivity index (χ4n) is 2.40. The number of carbonyl (C=O) groups excluding carboxylic acids is 2. The number of carbonyl (C=O) groups is 2. The van der Waals surface area contributed by atoms with E-state index in [1.807, 2.05) is 0 Å². The Labute approximate surface area is 154 Å². The van der Waals surface area contributed by atoms with E-state index in [4.69, 9.17) is 27.9 Å². The highest BCUT2D eigenvalue weighted by Gasteiger charge is 2.21. The normalized spacial score (nSPS) is 14.2. The predicted molar refractivity (Wildman–Crippen MR) is 95.4 cm³/mol. The second-order valence-corrected chi connectivity index (χ2v) is 6.18. The van der Waals surface area contributed by atoms with Crippen molar-refractivity contribution in [2.45, 2.75) is 0 Å². The minimum Gasteiger partial charge on any atom is -0.378 e. The molecule has 8 heteroatoms. The van der Waals surface area contributed by atoms with Crippen LogP contribution in [0.5, 0.6) is 0 Å². The van der Waals surface area contributed by atoms with Crippen molar-refractivity contribution >= 4 is 40.7 Å². The molecular formula is C17H15Cl2N3O3. The van der Waals surface area contributed by atoms with Crippen molar-refractivity contribution in [2.75, 3.05) is 31.6 Å². The molecule has 1 aliphatic rings. The Morgan fingerprint density at radius 2 is 1.60 bits per heavy atom. The van der Waals surface area contributed by atoms with Crippen LogP contribution in [-0.2, 0) is 4.74 Å². The zero-order chi connectivity index (χ0) is 17.8. The van der Waals surface area contributed by atoms with Crippen LogP contribution in [0.4, 0.5) is 5.69 Å². The van der Waals surface area contributed by atoms with Gasteiger partial charge in [0, 0.05) is 13.1 Å². The lowest BCUT2D eigenvalue weighted by Crippen LogP contribution is -2.41. The Balaban J connectivity index is 1.78. The van der Waals surface area contributed by atoms with Crippen molar-refractivity contribution in [1.82, 2.24) is 9.88 Å². The molecule has 0 unspecified atom stereocenters. The molecule has 0 bridgehead atoms. The number of halogens is 2. The van der Waals surface area contributed by atoms with Crippen molar-refractivity contribution in [3.63, 3.8) is 0 Å². The Hall–Kier alpha value is -2.15. The second-order valence-electron chi connectivity index (χ2n) is 5.36. The first kappa shape index (κ1) is 17.7. The molecule has 130 valence electrons. The third-order valence-corrected chi connectivity index (χ3v) is 4.33. The van der Waals surface area contributed by atoms with Gasteiger partial charge in [-0.15, -0.1) is 0 Å². The predicted octanol–water partition coefficient (Wildman–Crippen LogP) is 3.11. The molecule has 2 aromatic rings. The van der Waals surface area contributed by atoms with E-state index in [-0.39, 0.29) is 17.3 Å². The number of ether oxygens (including phenoxy) is 1. The molecule has 0 saturated carbocycles. The molecule has 25 heavy (non-hydrogen) atoms. The van der Waals surface area contributed by atoms with E-state index in [0.29, 0.717) is 42.0 Å². The van der Waals surface area contributed by atoms with Gasteiger partial charge in [0.05, 0.1) is 28.9 Å². The number of morpholine rings is 1. The number of hydrogen-bond acceptors (Lipinski definition) is 4. The molecule has 0 aliphatic carbocycles. The van der Waals surface area contributed by atoms with Gasteiger partial charge in [-0.1, -0.05) is 35.3 Å². The number of para-hydroxylation sites is 1. The summed E-state index contributed by atoms with van der Waals surface area (Å²) in [6.45, 7) is 2.01. The Kier molecular flexibility index (Phi) is 5.53. The van der Waals surface area contributed by atoms with E-state index in [2.05, 4.69) is 10.3 Å². The van der Waals surface area contributed by atoms with Gasteiger partial charge in [-0.05, 0) is 24.3 Å². The first-order chi connectivity index (χ1) is 12.1. The summed E-state index contributed by atoms with van der Waals surface area (Å²) in [5.41, 5.74) is 0.623. The number of aromatic nitrogens is 1. The standard InChI is InChI=1S/C17H15Cl2N3O3/c18-11-3-1-4-12(19)15(11)21-16(23)13-5-2-6-14(20-13)17(24)22-7-9-25-10-8-22/h1-6H,7-10H2,(H,21,23). The number of hydrogen-bond donors (Lipinski definition) is 1. The van der Waals surface area contributed by atoms with Gasteiger partial charge < -0.3 is 15.0 Å². The van der Waals surface area contributed by atoms with Gasteiger partial charge in [-0.25, -0.2) is 4.98 Å². The number of pyridine rings is 1. The Morgan fingerprint density at radius 3 is 2.28 bits per heavy atom. The smallest absolute Gasteiger partial charge is 0.274 e. The summed E-state index contributed by atoms with van der Waals surface area (Å²) in [5, 5.41) is 3.27. The summed E-state index contributed by atoms with van der Waals surface area (Å²) in [4.78, 5) is 30.7. The van der Waals surface area contributed by atoms with Crippen LogP contribution < -0.4 is 5.32 Å². The number of nitrogens with zero attached hydrogens (tertiary/aromatic N) is 2. The second kappa shape index (κ2) is 7.82. The lowest BCUT2D eigenvalue weighted by Gasteiger charge is -2.26. The molecule has 1 aromatic heterocycles. The van der Waals surface area contributed by atoms with Crippen molar-refractivity contribution in [3.8, 4) is 0 Å². The average molecular weight is 380 g/mol. The molecule has 3 rings (SSSR count). The largest absolute Gasteiger partial charge is 0.378 e. The van der Waals surface area contributed by atoms with Crippen molar-refractivity contribution < 1.29 is 14.3 Å². The van der Waals surface area contributed by atoms with E-state index >= 15 is 0 Å². The summed E-state index contributed by atoms with van der Waals surface area (Å²) in [6, 6.07) is 9.64. The lowest BCUT2D eigenvalue weighted by molar-refractivity contribution is 0.0299. The van der Waals surface area contributed by atoms with Crippen LogP contribution in [0, 0.1) is 0 Å². The van der Waals surface area contributed by atoms with Gasteiger partial charge in [0.1, 0.15) is 11.4 Å². The minimum absolute atomic E-state index is 0.107. The summed E-state index contributed by atoms with van der Waals surface area (Å²) in [5.74, 6) is -0.722. The monoisotopic (exact) mass is 379 g/mol. The van der Waals surface area contributed by atoms with Gasteiger partial charge >= 0.3 is 0 Å². The zero-order valence-electron chi connectivity index (χ0n) is 13.2. The molecule has 1 N–H and O–H groups in total. The van der Waals surface area contributed by atoms with Crippen molar-refractivity contribution in [1.29, 1.82) is 0 Å². The summed E-state index contributed by atoms with van der Waals surface area (Å²) in [7, 11) is 0. The third-order valence-electron chi connectivity index (χ3n) is 3.70. The Morgan fingerprint density at radius 1 is 1.00 bits per heavy atom. The van der Waals surface area contributed by atoms with Crippen LogP contribution >= 0.6 is 23.2 Å². The molecule has 2 heterocycles. The summed E-state index contributed by atoms with van der Waals surface area (Å²) >= 11 is 12.1. The number of rotatable bonds is 3. The van der Waals surface area contributed by atoms with Crippen LogP contribution in [0.25, 0.3) is 0 Å². The average Bonchev–Trinajstić information content (AvgIpc) is 2.65. The van der Waals surface area contributed by atoms with Gasteiger partial charge in [0.2, 0.25) is 0 Å². The number of benzene rings is 1. The summed E-state index contributed by atoms with van der Waals surface area (Å²) < 4.78 is 5.23. The quantitative estimate of drug-likeness (QED) is 0.888. The lowest BCUT2D eigenvalue weighted by atomic mass is 10.2. The van der Waals surface area contributed by atoms with Crippen molar-refractivity contribution in [2.24, 2.45) is 0 Å². The van der Waals surface area contributed by atoms with Gasteiger partial charge in [-0.3, -0.25) is 9.59 Å². The van der Waals surface area contributed by atoms with Crippen LogP contribution in [0.15, 0.2) is 36.4 Å². The Bertz CT molecular complexity index is 787. The van der Waals surface area contributed by atoms with E-state index < -0.39 is 5.91 Å². The van der Waals surface area contributed by atoms with Crippen LogP contribution in [0.1, 0.15) is 21.0 Å². The molecule has 1 aliphatic heterocycles. The fraction of sp³-hybridized carbons (Fsp3) is 0.235. The van der Waals surface area contributed by atoms with Gasteiger partial charge in [-0.2, -0.15) is 0 Å². The highest BCUT2D eigenvalue weighted by Crippen LogP contribution is 2.30. The maximum atomic E-state index is 12.5. The van der Waals surface area contributed by atoms with Crippen LogP contribution in [0.3, 0.4) is 0 Å². The van der Waals surface area contributed by atoms with E-state index in [0.717, 1.165) is 0 Å². The molecule has 0 atom stereocenters.